The number of ether oxygens (including phenoxy) is 2. The van der Waals surface area contributed by atoms with Gasteiger partial charge in [-0.15, -0.1) is 0 Å². The minimum Gasteiger partial charge on any atom is -0.481 e. The summed E-state index contributed by atoms with van der Waals surface area (Å²) in [6.07, 6.45) is 30.8. The molecule has 0 bridgehead atoms. The maximum atomic E-state index is 12.4. The molecule has 0 saturated heterocycles. The molecule has 0 saturated carbocycles. The van der Waals surface area contributed by atoms with Crippen molar-refractivity contribution in [2.75, 3.05) is 26.2 Å². The fraction of sp³-hybridized carbons (Fsp3) is 0.925. The Bertz CT molecular complexity index is 715. The van der Waals surface area contributed by atoms with Crippen LogP contribution in [0.25, 0.3) is 0 Å². The van der Waals surface area contributed by atoms with Crippen LogP contribution in [0.3, 0.4) is 0 Å². The molecule has 0 aromatic rings. The van der Waals surface area contributed by atoms with E-state index in [0.717, 1.165) is 116 Å². The topological polar surface area (TPSA) is 93.1 Å². The van der Waals surface area contributed by atoms with Crippen LogP contribution in [0.1, 0.15) is 207 Å². The van der Waals surface area contributed by atoms with Crippen molar-refractivity contribution in [3.8, 4) is 0 Å². The van der Waals surface area contributed by atoms with Crippen LogP contribution in [-0.4, -0.2) is 60.3 Å². The van der Waals surface area contributed by atoms with Crippen molar-refractivity contribution in [1.82, 2.24) is 4.90 Å². The van der Waals surface area contributed by atoms with Crippen LogP contribution < -0.4 is 0 Å². The molecule has 1 N–H and O–H groups in total. The zero-order valence-electron chi connectivity index (χ0n) is 31.3. The summed E-state index contributed by atoms with van der Waals surface area (Å²) < 4.78 is 11.2. The molecule has 7 nitrogen and oxygen atoms in total. The Morgan fingerprint density at radius 2 is 0.957 bits per heavy atom. The summed E-state index contributed by atoms with van der Waals surface area (Å²) in [5.74, 6) is -0.836. The van der Waals surface area contributed by atoms with E-state index in [1.165, 1.54) is 64.2 Å². The summed E-state index contributed by atoms with van der Waals surface area (Å²) >= 11 is 0. The maximum Gasteiger partial charge on any atom is 0.306 e. The normalized spacial score (nSPS) is 12.0. The molecule has 0 aliphatic rings. The molecule has 0 aliphatic heterocycles. The summed E-state index contributed by atoms with van der Waals surface area (Å²) in [4.78, 5) is 37.8. The second kappa shape index (κ2) is 35.7. The molecule has 0 radical (unpaired) electrons. The second-order valence-electron chi connectivity index (χ2n) is 13.8. The van der Waals surface area contributed by atoms with Gasteiger partial charge in [-0.05, 0) is 64.5 Å². The monoisotopic (exact) mass is 668 g/mol. The van der Waals surface area contributed by atoms with E-state index in [9.17, 15) is 19.5 Å². The Morgan fingerprint density at radius 3 is 1.49 bits per heavy atom. The third kappa shape index (κ3) is 34.0. The number of hydrogen-bond donors (Lipinski definition) is 1. The molecular weight excluding hydrogens is 590 g/mol. The summed E-state index contributed by atoms with van der Waals surface area (Å²) in [6, 6.07) is 0. The highest BCUT2D eigenvalue weighted by molar-refractivity contribution is 5.69. The molecule has 0 aromatic heterocycles. The molecule has 0 aromatic carbocycles. The molecule has 1 atom stereocenters. The average molecular weight is 668 g/mol. The van der Waals surface area contributed by atoms with Gasteiger partial charge in [0, 0.05) is 19.4 Å². The third-order valence-corrected chi connectivity index (χ3v) is 9.15. The SMILES string of the molecule is CCCCCCCCCOC(=O)CCCCCCCN(CCCCCCCC(=O)OC(CCC)CCCCCCCC)CCC(=O)O. The number of aliphatic carboxylic acids is 1. The Hall–Kier alpha value is -1.63. The minimum absolute atomic E-state index is 0.0342. The Morgan fingerprint density at radius 1 is 0.489 bits per heavy atom. The largest absolute Gasteiger partial charge is 0.481 e. The van der Waals surface area contributed by atoms with Crippen molar-refractivity contribution in [2.45, 2.75) is 213 Å². The lowest BCUT2D eigenvalue weighted by Crippen LogP contribution is -2.28. The van der Waals surface area contributed by atoms with Gasteiger partial charge in [0.25, 0.3) is 0 Å². The van der Waals surface area contributed by atoms with E-state index in [1.54, 1.807) is 0 Å². The molecular formula is C40H77NO6. The van der Waals surface area contributed by atoms with Crippen molar-refractivity contribution in [3.05, 3.63) is 0 Å². The summed E-state index contributed by atoms with van der Waals surface area (Å²) in [6.45, 7) is 9.65. The number of carboxylic acid groups (broad SMARTS) is 1. The van der Waals surface area contributed by atoms with E-state index in [1.807, 2.05) is 0 Å². The standard InChI is InChI=1S/C40H77NO6/c1-4-7-9-11-13-21-27-36-46-39(44)30-23-17-14-19-25-33-41(35-32-38(42)43)34-26-20-15-18-24-31-40(45)47-37(28-6-3)29-22-16-12-10-8-5-2/h37H,4-36H2,1-3H3,(H,42,43). The van der Waals surface area contributed by atoms with E-state index in [-0.39, 0.29) is 24.5 Å². The van der Waals surface area contributed by atoms with Gasteiger partial charge in [-0.25, -0.2) is 0 Å². The smallest absolute Gasteiger partial charge is 0.306 e. The quantitative estimate of drug-likeness (QED) is 0.0520. The fourth-order valence-corrected chi connectivity index (χ4v) is 6.16. The van der Waals surface area contributed by atoms with Gasteiger partial charge in [-0.2, -0.15) is 0 Å². The van der Waals surface area contributed by atoms with E-state index in [2.05, 4.69) is 25.7 Å². The number of esters is 2. The van der Waals surface area contributed by atoms with Gasteiger partial charge in [0.05, 0.1) is 13.0 Å². The number of carbonyl (C=O) groups excluding carboxylic acids is 2. The minimum atomic E-state index is -0.742. The molecule has 7 heteroatoms. The highest BCUT2D eigenvalue weighted by atomic mass is 16.5. The number of hydrogen-bond acceptors (Lipinski definition) is 6. The Balaban J connectivity index is 3.93. The van der Waals surface area contributed by atoms with Gasteiger partial charge in [0.1, 0.15) is 6.10 Å². The first-order chi connectivity index (χ1) is 22.9. The van der Waals surface area contributed by atoms with E-state index < -0.39 is 5.97 Å². The first kappa shape index (κ1) is 45.4. The van der Waals surface area contributed by atoms with Crippen molar-refractivity contribution in [2.24, 2.45) is 0 Å². The highest BCUT2D eigenvalue weighted by Gasteiger charge is 2.13. The predicted octanol–water partition coefficient (Wildman–Crippen LogP) is 11.2. The summed E-state index contributed by atoms with van der Waals surface area (Å²) in [5.41, 5.74) is 0. The fourth-order valence-electron chi connectivity index (χ4n) is 6.16. The molecule has 278 valence electrons. The summed E-state index contributed by atoms with van der Waals surface area (Å²) in [5, 5.41) is 9.17. The molecule has 0 rings (SSSR count). The number of carbonyl (C=O) groups is 3. The second-order valence-corrected chi connectivity index (χ2v) is 13.8. The first-order valence-corrected chi connectivity index (χ1v) is 20.2. The van der Waals surface area contributed by atoms with Gasteiger partial charge in [0.15, 0.2) is 0 Å². The van der Waals surface area contributed by atoms with Crippen LogP contribution in [-0.2, 0) is 23.9 Å². The molecule has 0 spiro atoms. The zero-order valence-corrected chi connectivity index (χ0v) is 31.3. The summed E-state index contributed by atoms with van der Waals surface area (Å²) in [7, 11) is 0. The molecule has 0 amide bonds. The van der Waals surface area contributed by atoms with Crippen LogP contribution in [0.2, 0.25) is 0 Å². The number of nitrogens with zero attached hydrogens (tertiary/aromatic N) is 1. The van der Waals surface area contributed by atoms with E-state index >= 15 is 0 Å². The molecule has 1 unspecified atom stereocenters. The lowest BCUT2D eigenvalue weighted by Gasteiger charge is -2.21. The highest BCUT2D eigenvalue weighted by Crippen LogP contribution is 2.16. The van der Waals surface area contributed by atoms with Crippen molar-refractivity contribution in [1.29, 1.82) is 0 Å². The first-order valence-electron chi connectivity index (χ1n) is 20.2. The third-order valence-electron chi connectivity index (χ3n) is 9.15. The van der Waals surface area contributed by atoms with Gasteiger partial charge in [-0.3, -0.25) is 14.4 Å². The van der Waals surface area contributed by atoms with Gasteiger partial charge in [0.2, 0.25) is 0 Å². The number of unbranched alkanes of at least 4 members (excludes halogenated alkanes) is 19. The van der Waals surface area contributed by atoms with E-state index in [0.29, 0.717) is 26.0 Å². The van der Waals surface area contributed by atoms with Crippen molar-refractivity contribution < 1.29 is 29.0 Å². The average Bonchev–Trinajstić information content (AvgIpc) is 3.05. The zero-order chi connectivity index (χ0) is 34.6. The molecule has 47 heavy (non-hydrogen) atoms. The Labute approximate surface area is 290 Å². The lowest BCUT2D eigenvalue weighted by atomic mass is 10.0. The van der Waals surface area contributed by atoms with Crippen molar-refractivity contribution >= 4 is 17.9 Å². The number of carboxylic acids is 1. The van der Waals surface area contributed by atoms with Crippen LogP contribution >= 0.6 is 0 Å². The van der Waals surface area contributed by atoms with Gasteiger partial charge >= 0.3 is 17.9 Å². The van der Waals surface area contributed by atoms with Crippen LogP contribution in [0.15, 0.2) is 0 Å². The Kier molecular flexibility index (Phi) is 34.4. The molecule has 0 heterocycles. The van der Waals surface area contributed by atoms with E-state index in [4.69, 9.17) is 9.47 Å². The maximum absolute atomic E-state index is 12.4. The van der Waals surface area contributed by atoms with Crippen LogP contribution in [0.4, 0.5) is 0 Å². The molecule has 0 fully saturated rings. The van der Waals surface area contributed by atoms with Gasteiger partial charge in [-0.1, -0.05) is 136 Å². The predicted molar refractivity (Wildman–Crippen MR) is 196 cm³/mol. The van der Waals surface area contributed by atoms with Gasteiger partial charge < -0.3 is 19.5 Å². The molecule has 0 aliphatic carbocycles. The van der Waals surface area contributed by atoms with Crippen molar-refractivity contribution in [3.63, 3.8) is 0 Å². The number of rotatable bonds is 37. The van der Waals surface area contributed by atoms with Crippen LogP contribution in [0.5, 0.6) is 0 Å². The van der Waals surface area contributed by atoms with Crippen LogP contribution in [0, 0.1) is 0 Å². The lowest BCUT2D eigenvalue weighted by molar-refractivity contribution is -0.150.